The average molecular weight is 461 g/mol. The maximum atomic E-state index is 12.8. The number of amides is 2. The molecule has 0 fully saturated rings. The molecule has 1 atom stereocenters. The number of alkyl carbamates (subject to hydrolysis) is 1. The molecule has 0 bridgehead atoms. The fraction of sp³-hybridized carbons (Fsp3) is 0.375. The third kappa shape index (κ3) is 10.3. The molecule has 2 amide bonds. The van der Waals surface area contributed by atoms with Crippen molar-refractivity contribution >= 4 is 29.7 Å². The second kappa shape index (κ2) is 12.8. The molecule has 0 aliphatic heterocycles. The molecule has 0 aliphatic rings. The van der Waals surface area contributed by atoms with Crippen molar-refractivity contribution in [1.82, 2.24) is 10.6 Å². The van der Waals surface area contributed by atoms with E-state index in [1.54, 1.807) is 51.1 Å². The van der Waals surface area contributed by atoms with Gasteiger partial charge in [0.15, 0.2) is 0 Å². The lowest BCUT2D eigenvalue weighted by Gasteiger charge is -2.23. The van der Waals surface area contributed by atoms with Crippen LogP contribution in [0, 0.1) is 0 Å². The van der Waals surface area contributed by atoms with Crippen LogP contribution < -0.4 is 10.6 Å². The Labute approximate surface area is 196 Å². The van der Waals surface area contributed by atoms with Gasteiger partial charge in [0.05, 0.1) is 2.74 Å². The van der Waals surface area contributed by atoms with Crippen LogP contribution in [0.2, 0.25) is 0 Å². The molecular formula is C24H30N2O5S. The zero-order chi connectivity index (χ0) is 25.2. The van der Waals surface area contributed by atoms with Crippen LogP contribution in [0.15, 0.2) is 60.7 Å². The minimum atomic E-state index is -2.79. The van der Waals surface area contributed by atoms with E-state index in [9.17, 15) is 14.4 Å². The molecule has 0 spiro atoms. The summed E-state index contributed by atoms with van der Waals surface area (Å²) in [5.41, 5.74) is 0.932. The number of hydrogen-bond acceptors (Lipinski definition) is 6. The number of rotatable bonds is 10. The van der Waals surface area contributed by atoms with Crippen LogP contribution in [0.3, 0.4) is 0 Å². The van der Waals surface area contributed by atoms with E-state index in [1.165, 1.54) is 11.8 Å². The first-order chi connectivity index (χ1) is 16.0. The van der Waals surface area contributed by atoms with Crippen LogP contribution in [-0.4, -0.2) is 41.9 Å². The van der Waals surface area contributed by atoms with Crippen molar-refractivity contribution in [2.24, 2.45) is 0 Å². The number of nitrogens with one attached hydrogen (secondary N) is 2. The van der Waals surface area contributed by atoms with E-state index in [4.69, 9.17) is 12.2 Å². The molecule has 2 aromatic rings. The molecule has 0 saturated carbocycles. The second-order valence-electron chi connectivity index (χ2n) is 7.88. The van der Waals surface area contributed by atoms with Gasteiger partial charge in [-0.1, -0.05) is 60.7 Å². The molecule has 2 aromatic carbocycles. The van der Waals surface area contributed by atoms with Crippen molar-refractivity contribution in [2.75, 3.05) is 12.2 Å². The molecule has 2 N–H and O–H groups in total. The number of esters is 1. The monoisotopic (exact) mass is 460 g/mol. The first-order valence-corrected chi connectivity index (χ1v) is 11.3. The van der Waals surface area contributed by atoms with Crippen LogP contribution >= 0.6 is 11.8 Å². The van der Waals surface area contributed by atoms with Gasteiger partial charge in [-0.25, -0.2) is 4.79 Å². The summed E-state index contributed by atoms with van der Waals surface area (Å²) in [6.45, 7) is 2.14. The number of hydrogen-bond donors (Lipinski definition) is 2. The van der Waals surface area contributed by atoms with E-state index in [-0.39, 0.29) is 12.4 Å². The third-order valence-electron chi connectivity index (χ3n) is 3.90. The molecule has 0 aromatic heterocycles. The Morgan fingerprint density at radius 3 is 2.19 bits per heavy atom. The number of carbonyl (C=O) groups excluding carboxylic acids is 3. The Hall–Kier alpha value is -3.00. The molecule has 172 valence electrons. The van der Waals surface area contributed by atoms with E-state index in [2.05, 4.69) is 5.32 Å². The first kappa shape index (κ1) is 22.2. The maximum absolute atomic E-state index is 12.8. The van der Waals surface area contributed by atoms with Gasteiger partial charge in [0.1, 0.15) is 24.7 Å². The van der Waals surface area contributed by atoms with Crippen LogP contribution in [0.5, 0.6) is 0 Å². The van der Waals surface area contributed by atoms with Crippen molar-refractivity contribution < 1.29 is 26.6 Å². The summed E-state index contributed by atoms with van der Waals surface area (Å²) >= 11 is 1.37. The van der Waals surface area contributed by atoms with E-state index in [1.807, 2.05) is 35.6 Å². The fourth-order valence-electron chi connectivity index (χ4n) is 2.46. The number of carbonyl (C=O) groups is 3. The molecule has 0 saturated heterocycles. The standard InChI is InChI=1S/C24H30N2O5S/c1-24(2,3)31-23(29)26-20(17-32-16-19-12-8-5-9-13-19)22(28)25-14-21(27)30-15-18-10-6-4-7-11-18/h4-13,20H,14-17H2,1-3H3,(H,25,28)(H,26,29)/t20-/m0/s1/i14D2. The van der Waals surface area contributed by atoms with E-state index in [0.29, 0.717) is 11.3 Å². The number of thioether (sulfide) groups is 1. The summed E-state index contributed by atoms with van der Waals surface area (Å²) in [6.07, 6.45) is -0.819. The lowest BCUT2D eigenvalue weighted by atomic mass is 10.2. The minimum Gasteiger partial charge on any atom is -0.460 e. The van der Waals surface area contributed by atoms with Gasteiger partial charge < -0.3 is 20.1 Å². The Morgan fingerprint density at radius 1 is 1.00 bits per heavy atom. The third-order valence-corrected chi connectivity index (χ3v) is 5.01. The van der Waals surface area contributed by atoms with Crippen molar-refractivity contribution in [1.29, 1.82) is 0 Å². The van der Waals surface area contributed by atoms with Crippen LogP contribution in [0.25, 0.3) is 0 Å². The first-order valence-electron chi connectivity index (χ1n) is 11.1. The maximum Gasteiger partial charge on any atom is 0.408 e. The van der Waals surface area contributed by atoms with Gasteiger partial charge in [0.25, 0.3) is 0 Å². The van der Waals surface area contributed by atoms with Crippen LogP contribution in [0.1, 0.15) is 34.6 Å². The van der Waals surface area contributed by atoms with Crippen molar-refractivity contribution in [2.45, 2.75) is 44.8 Å². The van der Waals surface area contributed by atoms with Gasteiger partial charge >= 0.3 is 12.1 Å². The predicted molar refractivity (Wildman–Crippen MR) is 125 cm³/mol. The lowest BCUT2D eigenvalue weighted by molar-refractivity contribution is -0.145. The predicted octanol–water partition coefficient (Wildman–Crippen LogP) is 3.67. The SMILES string of the molecule is [2H]C([2H])(NC(=O)[C@H](CSCc1ccccc1)NC(=O)OC(C)(C)C)C(=O)OCc1ccccc1. The summed E-state index contributed by atoms with van der Waals surface area (Å²) in [5.74, 6) is -1.40. The summed E-state index contributed by atoms with van der Waals surface area (Å²) in [4.78, 5) is 37.4. The second-order valence-corrected chi connectivity index (χ2v) is 8.91. The van der Waals surface area contributed by atoms with E-state index in [0.717, 1.165) is 5.56 Å². The van der Waals surface area contributed by atoms with E-state index < -0.39 is 36.1 Å². The Bertz CT molecular complexity index is 953. The summed E-state index contributed by atoms with van der Waals surface area (Å²) in [7, 11) is 0. The van der Waals surface area contributed by atoms with Crippen molar-refractivity contribution in [3.05, 3.63) is 71.8 Å². The smallest absolute Gasteiger partial charge is 0.408 e. The van der Waals surface area contributed by atoms with Gasteiger partial charge in [-0.3, -0.25) is 9.59 Å². The van der Waals surface area contributed by atoms with Crippen molar-refractivity contribution in [3.63, 3.8) is 0 Å². The molecular weight excluding hydrogens is 428 g/mol. The largest absolute Gasteiger partial charge is 0.460 e. The normalized spacial score (nSPS) is 13.2. The highest BCUT2D eigenvalue weighted by Crippen LogP contribution is 2.14. The molecule has 0 aliphatic carbocycles. The van der Waals surface area contributed by atoms with Crippen LogP contribution in [0.4, 0.5) is 4.79 Å². The highest BCUT2D eigenvalue weighted by molar-refractivity contribution is 7.98. The summed E-state index contributed by atoms with van der Waals surface area (Å²) in [5, 5.41) is 4.51. The zero-order valence-corrected chi connectivity index (χ0v) is 19.2. The topological polar surface area (TPSA) is 93.7 Å². The summed E-state index contributed by atoms with van der Waals surface area (Å²) < 4.78 is 26.2. The Kier molecular flexibility index (Phi) is 8.85. The van der Waals surface area contributed by atoms with Crippen LogP contribution in [-0.2, 0) is 31.4 Å². The highest BCUT2D eigenvalue weighted by Gasteiger charge is 2.25. The molecule has 0 radical (unpaired) electrons. The van der Waals surface area contributed by atoms with Crippen molar-refractivity contribution in [3.8, 4) is 0 Å². The van der Waals surface area contributed by atoms with E-state index >= 15 is 0 Å². The summed E-state index contributed by atoms with van der Waals surface area (Å²) in [6, 6.07) is 17.2. The average Bonchev–Trinajstić information content (AvgIpc) is 2.76. The quantitative estimate of drug-likeness (QED) is 0.526. The zero-order valence-electron chi connectivity index (χ0n) is 20.4. The Morgan fingerprint density at radius 2 is 1.59 bits per heavy atom. The fourth-order valence-corrected chi connectivity index (χ4v) is 3.48. The number of benzene rings is 2. The molecule has 32 heavy (non-hydrogen) atoms. The number of ether oxygens (including phenoxy) is 2. The van der Waals surface area contributed by atoms with Gasteiger partial charge in [-0.05, 0) is 31.9 Å². The molecule has 8 heteroatoms. The molecule has 7 nitrogen and oxygen atoms in total. The van der Waals surface area contributed by atoms with Gasteiger partial charge in [0, 0.05) is 11.5 Å². The molecule has 2 rings (SSSR count). The highest BCUT2D eigenvalue weighted by atomic mass is 32.2. The molecule has 0 heterocycles. The Balaban J connectivity index is 2.00. The van der Waals surface area contributed by atoms with Gasteiger partial charge in [-0.2, -0.15) is 11.8 Å². The van der Waals surface area contributed by atoms with Gasteiger partial charge in [-0.15, -0.1) is 0 Å². The molecule has 0 unspecified atom stereocenters. The lowest BCUT2D eigenvalue weighted by Crippen LogP contribution is -2.50. The van der Waals surface area contributed by atoms with Gasteiger partial charge in [0.2, 0.25) is 5.91 Å². The minimum absolute atomic E-state index is 0.134.